The number of nitrogens with two attached hydrogens (primary N) is 2. The smallest absolute Gasteiger partial charge is 0.277 e. The van der Waals surface area contributed by atoms with E-state index in [9.17, 15) is 8.42 Å². The maximum absolute atomic E-state index is 12.4. The number of anilines is 2. The summed E-state index contributed by atoms with van der Waals surface area (Å²) in [5, 5.41) is 0. The van der Waals surface area contributed by atoms with Crippen LogP contribution in [0.4, 0.5) is 11.4 Å². The van der Waals surface area contributed by atoms with Gasteiger partial charge in [0.15, 0.2) is 0 Å². The lowest BCUT2D eigenvalue weighted by Crippen LogP contribution is -2.37. The summed E-state index contributed by atoms with van der Waals surface area (Å²) in [6.45, 7) is 0. The number of benzene rings is 2. The minimum Gasteiger partial charge on any atom is -0.497 e. The van der Waals surface area contributed by atoms with Gasteiger partial charge >= 0.3 is 0 Å². The zero-order valence-electron chi connectivity index (χ0n) is 10.9. The van der Waals surface area contributed by atoms with E-state index in [1.807, 2.05) is 0 Å². The van der Waals surface area contributed by atoms with Gasteiger partial charge in [-0.05, 0) is 24.3 Å². The van der Waals surface area contributed by atoms with Gasteiger partial charge in [0, 0.05) is 6.07 Å². The molecule has 0 aliphatic carbocycles. The van der Waals surface area contributed by atoms with Crippen molar-refractivity contribution >= 4 is 21.4 Å². The molecule has 0 aliphatic rings. The number of hydrogen-bond donors (Lipinski definition) is 2. The van der Waals surface area contributed by atoms with E-state index >= 15 is 0 Å². The largest absolute Gasteiger partial charge is 0.497 e. The lowest BCUT2D eigenvalue weighted by molar-refractivity contribution is 0.415. The summed E-state index contributed by atoms with van der Waals surface area (Å²) in [4.78, 5) is 0.0877. The second-order valence-electron chi connectivity index (χ2n) is 4.04. The molecule has 2 aromatic carbocycles. The molecule has 2 aromatic rings. The Balaban J connectivity index is 2.48. The average molecular weight is 293 g/mol. The third-order valence-electron chi connectivity index (χ3n) is 2.78. The van der Waals surface area contributed by atoms with Crippen LogP contribution in [0.1, 0.15) is 0 Å². The van der Waals surface area contributed by atoms with Crippen molar-refractivity contribution < 1.29 is 13.2 Å². The first-order valence-electron chi connectivity index (χ1n) is 5.75. The molecule has 0 spiro atoms. The Bertz CT molecular complexity index is 702. The van der Waals surface area contributed by atoms with Crippen molar-refractivity contribution in [1.82, 2.24) is 0 Å². The molecule has 6 nitrogen and oxygen atoms in total. The molecule has 106 valence electrons. The fourth-order valence-corrected chi connectivity index (χ4v) is 2.82. The number of nitrogens with zero attached hydrogens (tertiary/aromatic N) is 1. The molecule has 0 saturated carbocycles. The summed E-state index contributed by atoms with van der Waals surface area (Å²) in [5.74, 6) is 6.20. The zero-order chi connectivity index (χ0) is 14.8. The monoisotopic (exact) mass is 293 g/mol. The highest BCUT2D eigenvalue weighted by molar-refractivity contribution is 7.92. The van der Waals surface area contributed by atoms with Gasteiger partial charge in [-0.15, -0.1) is 0 Å². The summed E-state index contributed by atoms with van der Waals surface area (Å²) in [6.07, 6.45) is 0. The Hall–Kier alpha value is -2.25. The highest BCUT2D eigenvalue weighted by Crippen LogP contribution is 2.29. The van der Waals surface area contributed by atoms with Crippen molar-refractivity contribution in [2.75, 3.05) is 17.3 Å². The molecule has 0 heterocycles. The van der Waals surface area contributed by atoms with Crippen LogP contribution in [0.2, 0.25) is 0 Å². The van der Waals surface area contributed by atoms with Gasteiger partial charge in [-0.2, -0.15) is 12.8 Å². The van der Waals surface area contributed by atoms with Crippen molar-refractivity contribution in [3.63, 3.8) is 0 Å². The molecule has 7 heteroatoms. The van der Waals surface area contributed by atoms with Crippen LogP contribution in [0.5, 0.6) is 5.75 Å². The predicted molar refractivity (Wildman–Crippen MR) is 77.7 cm³/mol. The van der Waals surface area contributed by atoms with E-state index in [2.05, 4.69) is 0 Å². The first kappa shape index (κ1) is 14.2. The number of methoxy groups -OCH3 is 1. The van der Waals surface area contributed by atoms with Crippen LogP contribution in [0, 0.1) is 0 Å². The predicted octanol–water partition coefficient (Wildman–Crippen LogP) is 1.35. The lowest BCUT2D eigenvalue weighted by atomic mass is 10.2. The van der Waals surface area contributed by atoms with E-state index in [4.69, 9.17) is 16.3 Å². The Morgan fingerprint density at radius 3 is 2.35 bits per heavy atom. The van der Waals surface area contributed by atoms with Crippen molar-refractivity contribution in [3.8, 4) is 5.75 Å². The average Bonchev–Trinajstić information content (AvgIpc) is 2.48. The third kappa shape index (κ3) is 2.54. The fourth-order valence-electron chi connectivity index (χ4n) is 1.68. The second kappa shape index (κ2) is 5.40. The number of rotatable bonds is 4. The van der Waals surface area contributed by atoms with Gasteiger partial charge in [0.1, 0.15) is 5.75 Å². The van der Waals surface area contributed by atoms with E-state index in [1.165, 1.54) is 31.4 Å². The quantitative estimate of drug-likeness (QED) is 0.503. The molecular formula is C13H15N3O3S. The van der Waals surface area contributed by atoms with Crippen molar-refractivity contribution in [2.45, 2.75) is 4.90 Å². The number of ether oxygens (including phenoxy) is 1. The van der Waals surface area contributed by atoms with Crippen molar-refractivity contribution in [3.05, 3.63) is 48.5 Å². The molecule has 0 aliphatic heterocycles. The summed E-state index contributed by atoms with van der Waals surface area (Å²) >= 11 is 0. The molecule has 0 fully saturated rings. The molecule has 2 rings (SSSR count). The van der Waals surface area contributed by atoms with Gasteiger partial charge < -0.3 is 10.5 Å². The van der Waals surface area contributed by atoms with Gasteiger partial charge in [0.2, 0.25) is 0 Å². The molecule has 0 atom stereocenters. The van der Waals surface area contributed by atoms with Gasteiger partial charge in [-0.25, -0.2) is 5.84 Å². The molecule has 0 aromatic heterocycles. The van der Waals surface area contributed by atoms with Crippen LogP contribution in [-0.2, 0) is 10.0 Å². The highest BCUT2D eigenvalue weighted by Gasteiger charge is 2.23. The second-order valence-corrected chi connectivity index (χ2v) is 5.85. The maximum atomic E-state index is 12.4. The number of hydrogen-bond acceptors (Lipinski definition) is 5. The molecule has 0 amide bonds. The molecular weight excluding hydrogens is 278 g/mol. The number of sulfonamides is 1. The van der Waals surface area contributed by atoms with Gasteiger partial charge in [0.25, 0.3) is 10.0 Å². The van der Waals surface area contributed by atoms with Crippen molar-refractivity contribution in [1.29, 1.82) is 0 Å². The molecule has 20 heavy (non-hydrogen) atoms. The summed E-state index contributed by atoms with van der Waals surface area (Å²) in [7, 11) is -2.39. The van der Waals surface area contributed by atoms with E-state index in [0.29, 0.717) is 10.2 Å². The first-order chi connectivity index (χ1) is 9.46. The molecule has 4 N–H and O–H groups in total. The fraction of sp³-hybridized carbons (Fsp3) is 0.0769. The van der Waals surface area contributed by atoms with Gasteiger partial charge in [0.05, 0.1) is 23.4 Å². The van der Waals surface area contributed by atoms with Crippen LogP contribution >= 0.6 is 0 Å². The topological polar surface area (TPSA) is 98.7 Å². The number of hydrazine groups is 1. The SMILES string of the molecule is COc1ccc(N)c(N(N)S(=O)(=O)c2ccccc2)c1. The maximum Gasteiger partial charge on any atom is 0.277 e. The molecule has 0 bridgehead atoms. The standard InChI is InChI=1S/C13H15N3O3S/c1-19-10-7-8-12(14)13(9-10)16(15)20(17,18)11-5-3-2-4-6-11/h2-9H,14-15H2,1H3. The van der Waals surface area contributed by atoms with Crippen LogP contribution in [0.3, 0.4) is 0 Å². The Morgan fingerprint density at radius 2 is 1.75 bits per heavy atom. The Morgan fingerprint density at radius 1 is 1.10 bits per heavy atom. The normalized spacial score (nSPS) is 11.1. The minimum atomic E-state index is -3.86. The third-order valence-corrected chi connectivity index (χ3v) is 4.36. The van der Waals surface area contributed by atoms with Crippen LogP contribution in [0.25, 0.3) is 0 Å². The van der Waals surface area contributed by atoms with E-state index in [-0.39, 0.29) is 16.3 Å². The van der Waals surface area contributed by atoms with Crippen LogP contribution in [-0.4, -0.2) is 15.5 Å². The van der Waals surface area contributed by atoms with Gasteiger partial charge in [-0.1, -0.05) is 18.2 Å². The summed E-state index contributed by atoms with van der Waals surface area (Å²) in [5.41, 5.74) is 6.18. The highest BCUT2D eigenvalue weighted by atomic mass is 32.2. The lowest BCUT2D eigenvalue weighted by Gasteiger charge is -2.20. The Labute approximate surface area is 117 Å². The van der Waals surface area contributed by atoms with Crippen LogP contribution < -0.4 is 20.7 Å². The Kier molecular flexibility index (Phi) is 3.82. The first-order valence-corrected chi connectivity index (χ1v) is 7.19. The molecule has 0 radical (unpaired) electrons. The summed E-state index contributed by atoms with van der Waals surface area (Å²) in [6, 6.07) is 12.5. The van der Waals surface area contributed by atoms with E-state index < -0.39 is 10.0 Å². The number of nitrogen functional groups attached to an aromatic ring is 1. The van der Waals surface area contributed by atoms with E-state index in [0.717, 1.165) is 0 Å². The van der Waals surface area contributed by atoms with Gasteiger partial charge in [-0.3, -0.25) is 0 Å². The zero-order valence-corrected chi connectivity index (χ0v) is 11.7. The molecule has 0 unspecified atom stereocenters. The van der Waals surface area contributed by atoms with E-state index in [1.54, 1.807) is 24.3 Å². The van der Waals surface area contributed by atoms with Crippen molar-refractivity contribution in [2.24, 2.45) is 5.84 Å². The minimum absolute atomic E-state index is 0.0877. The molecule has 0 saturated heterocycles. The summed E-state index contributed by atoms with van der Waals surface area (Å²) < 4.78 is 30.5. The van der Waals surface area contributed by atoms with Crippen LogP contribution in [0.15, 0.2) is 53.4 Å².